The third-order valence-corrected chi connectivity index (χ3v) is 3.00. The molecule has 1 rings (SSSR count). The summed E-state index contributed by atoms with van der Waals surface area (Å²) in [6.45, 7) is 7.90. The molecule has 4 nitrogen and oxygen atoms in total. The molecule has 1 saturated heterocycles. The second kappa shape index (κ2) is 3.93. The third-order valence-electron chi connectivity index (χ3n) is 3.00. The Balaban J connectivity index is 2.95. The molecule has 1 atom stereocenters. The topological polar surface area (TPSA) is 63.4 Å². The minimum Gasteiger partial charge on any atom is -0.328 e. The van der Waals surface area contributed by atoms with Gasteiger partial charge in [0.05, 0.1) is 11.5 Å². The van der Waals surface area contributed by atoms with Gasteiger partial charge in [-0.2, -0.15) is 0 Å². The SMILES string of the molecule is CC(C)C(CN)N1C(=O)CC(C)(C)C1=O. The Morgan fingerprint density at radius 3 is 2.20 bits per heavy atom. The Morgan fingerprint density at radius 2 is 1.93 bits per heavy atom. The van der Waals surface area contributed by atoms with Gasteiger partial charge in [-0.3, -0.25) is 14.5 Å². The lowest BCUT2D eigenvalue weighted by Gasteiger charge is -2.29. The average Bonchev–Trinajstić information content (AvgIpc) is 2.28. The number of nitrogens with two attached hydrogens (primary N) is 1. The number of imide groups is 1. The molecule has 1 fully saturated rings. The van der Waals surface area contributed by atoms with Gasteiger partial charge in [-0.25, -0.2) is 0 Å². The maximum absolute atomic E-state index is 12.0. The molecule has 0 aromatic rings. The first-order valence-corrected chi connectivity index (χ1v) is 5.38. The van der Waals surface area contributed by atoms with Crippen molar-refractivity contribution in [3.05, 3.63) is 0 Å². The van der Waals surface area contributed by atoms with Crippen LogP contribution in [0.3, 0.4) is 0 Å². The lowest BCUT2D eigenvalue weighted by atomic mass is 9.91. The van der Waals surface area contributed by atoms with E-state index in [2.05, 4.69) is 0 Å². The van der Waals surface area contributed by atoms with Crippen molar-refractivity contribution in [2.45, 2.75) is 40.2 Å². The number of carbonyl (C=O) groups excluding carboxylic acids is 2. The molecule has 1 aliphatic heterocycles. The smallest absolute Gasteiger partial charge is 0.235 e. The first kappa shape index (κ1) is 12.2. The predicted molar refractivity (Wildman–Crippen MR) is 57.9 cm³/mol. The number of likely N-dealkylation sites (tertiary alicyclic amines) is 1. The molecule has 0 radical (unpaired) electrons. The molecule has 0 saturated carbocycles. The van der Waals surface area contributed by atoms with Gasteiger partial charge in [-0.1, -0.05) is 27.7 Å². The molecule has 86 valence electrons. The van der Waals surface area contributed by atoms with E-state index in [0.717, 1.165) is 0 Å². The van der Waals surface area contributed by atoms with E-state index in [-0.39, 0.29) is 23.8 Å². The summed E-state index contributed by atoms with van der Waals surface area (Å²) in [5, 5.41) is 0. The molecule has 0 aromatic carbocycles. The lowest BCUT2D eigenvalue weighted by Crippen LogP contribution is -2.48. The fraction of sp³-hybridized carbons (Fsp3) is 0.818. The normalized spacial score (nSPS) is 22.7. The van der Waals surface area contributed by atoms with Crippen LogP contribution in [0.5, 0.6) is 0 Å². The summed E-state index contributed by atoms with van der Waals surface area (Å²) in [5.74, 6) is 0.0302. The molecule has 0 aliphatic carbocycles. The van der Waals surface area contributed by atoms with Gasteiger partial charge in [-0.05, 0) is 5.92 Å². The van der Waals surface area contributed by atoms with Gasteiger partial charge in [-0.15, -0.1) is 0 Å². The first-order valence-electron chi connectivity index (χ1n) is 5.38. The molecular weight excluding hydrogens is 192 g/mol. The lowest BCUT2D eigenvalue weighted by molar-refractivity contribution is -0.144. The van der Waals surface area contributed by atoms with Crippen LogP contribution in [0.1, 0.15) is 34.1 Å². The first-order chi connectivity index (χ1) is 6.81. The van der Waals surface area contributed by atoms with Gasteiger partial charge < -0.3 is 5.73 Å². The van der Waals surface area contributed by atoms with Crippen molar-refractivity contribution in [1.82, 2.24) is 4.90 Å². The quantitative estimate of drug-likeness (QED) is 0.702. The van der Waals surface area contributed by atoms with Gasteiger partial charge >= 0.3 is 0 Å². The molecule has 1 aliphatic rings. The van der Waals surface area contributed by atoms with Crippen molar-refractivity contribution in [2.75, 3.05) is 6.54 Å². The highest BCUT2D eigenvalue weighted by Crippen LogP contribution is 2.33. The zero-order chi connectivity index (χ0) is 11.8. The van der Waals surface area contributed by atoms with Gasteiger partial charge in [0, 0.05) is 13.0 Å². The molecule has 2 amide bonds. The van der Waals surface area contributed by atoms with E-state index >= 15 is 0 Å². The summed E-state index contributed by atoms with van der Waals surface area (Å²) in [6.07, 6.45) is 0.301. The second-order valence-corrected chi connectivity index (χ2v) is 5.18. The maximum atomic E-state index is 12.0. The van der Waals surface area contributed by atoms with Gasteiger partial charge in [0.25, 0.3) is 0 Å². The largest absolute Gasteiger partial charge is 0.328 e. The monoisotopic (exact) mass is 212 g/mol. The highest BCUT2D eigenvalue weighted by Gasteiger charge is 2.47. The molecule has 1 heterocycles. The van der Waals surface area contributed by atoms with E-state index in [1.165, 1.54) is 4.90 Å². The average molecular weight is 212 g/mol. The van der Waals surface area contributed by atoms with Crippen LogP contribution in [0, 0.1) is 11.3 Å². The third kappa shape index (κ3) is 2.04. The molecule has 15 heavy (non-hydrogen) atoms. The summed E-state index contributed by atoms with van der Waals surface area (Å²) in [4.78, 5) is 25.1. The second-order valence-electron chi connectivity index (χ2n) is 5.18. The van der Waals surface area contributed by atoms with E-state index in [1.807, 2.05) is 13.8 Å². The number of rotatable bonds is 3. The van der Waals surface area contributed by atoms with Crippen LogP contribution < -0.4 is 5.73 Å². The summed E-state index contributed by atoms with van der Waals surface area (Å²) in [7, 11) is 0. The summed E-state index contributed by atoms with van der Waals surface area (Å²) < 4.78 is 0. The zero-order valence-corrected chi connectivity index (χ0v) is 9.91. The zero-order valence-electron chi connectivity index (χ0n) is 9.91. The fourth-order valence-corrected chi connectivity index (χ4v) is 1.99. The van der Waals surface area contributed by atoms with Crippen LogP contribution in [0.2, 0.25) is 0 Å². The maximum Gasteiger partial charge on any atom is 0.235 e. The van der Waals surface area contributed by atoms with Crippen molar-refractivity contribution in [3.8, 4) is 0 Å². The fourth-order valence-electron chi connectivity index (χ4n) is 1.99. The molecule has 0 bridgehead atoms. The number of hydrogen-bond acceptors (Lipinski definition) is 3. The van der Waals surface area contributed by atoms with Crippen molar-refractivity contribution in [2.24, 2.45) is 17.1 Å². The van der Waals surface area contributed by atoms with Crippen LogP contribution in [0.25, 0.3) is 0 Å². The van der Waals surface area contributed by atoms with Crippen LogP contribution in [0.15, 0.2) is 0 Å². The Labute approximate surface area is 90.8 Å². The van der Waals surface area contributed by atoms with Gasteiger partial charge in [0.2, 0.25) is 11.8 Å². The van der Waals surface area contributed by atoms with Crippen molar-refractivity contribution in [1.29, 1.82) is 0 Å². The summed E-state index contributed by atoms with van der Waals surface area (Å²) >= 11 is 0. The van der Waals surface area contributed by atoms with Crippen molar-refractivity contribution < 1.29 is 9.59 Å². The van der Waals surface area contributed by atoms with E-state index in [0.29, 0.717) is 13.0 Å². The van der Waals surface area contributed by atoms with Crippen LogP contribution in [0.4, 0.5) is 0 Å². The van der Waals surface area contributed by atoms with Crippen LogP contribution >= 0.6 is 0 Å². The minimum absolute atomic E-state index is 0.0864. The Morgan fingerprint density at radius 1 is 1.40 bits per heavy atom. The Kier molecular flexibility index (Phi) is 3.19. The predicted octanol–water partition coefficient (Wildman–Crippen LogP) is 0.755. The highest BCUT2D eigenvalue weighted by molar-refractivity contribution is 6.05. The van der Waals surface area contributed by atoms with E-state index < -0.39 is 5.41 Å². The molecule has 0 spiro atoms. The van der Waals surface area contributed by atoms with Crippen LogP contribution in [-0.4, -0.2) is 29.3 Å². The van der Waals surface area contributed by atoms with Crippen molar-refractivity contribution >= 4 is 11.8 Å². The van der Waals surface area contributed by atoms with E-state index in [9.17, 15) is 9.59 Å². The number of carbonyl (C=O) groups is 2. The molecular formula is C11H20N2O2. The molecule has 0 aromatic heterocycles. The number of amides is 2. The van der Waals surface area contributed by atoms with E-state index in [1.54, 1.807) is 13.8 Å². The summed E-state index contributed by atoms with van der Waals surface area (Å²) in [5.41, 5.74) is 5.06. The molecule has 4 heteroatoms. The standard InChI is InChI=1S/C11H20N2O2/c1-7(2)8(6-12)13-9(14)5-11(3,4)10(13)15/h7-8H,5-6,12H2,1-4H3. The van der Waals surface area contributed by atoms with Gasteiger partial charge in [0.1, 0.15) is 0 Å². The minimum atomic E-state index is -0.556. The van der Waals surface area contributed by atoms with Crippen LogP contribution in [-0.2, 0) is 9.59 Å². The Hall–Kier alpha value is -0.900. The molecule has 2 N–H and O–H groups in total. The highest BCUT2D eigenvalue weighted by atomic mass is 16.2. The van der Waals surface area contributed by atoms with Gasteiger partial charge in [0.15, 0.2) is 0 Å². The molecule has 1 unspecified atom stereocenters. The number of nitrogens with zero attached hydrogens (tertiary/aromatic N) is 1. The van der Waals surface area contributed by atoms with E-state index in [4.69, 9.17) is 5.73 Å². The Bertz CT molecular complexity index is 284. The number of hydrogen-bond donors (Lipinski definition) is 1. The van der Waals surface area contributed by atoms with Crippen molar-refractivity contribution in [3.63, 3.8) is 0 Å². The summed E-state index contributed by atoms with van der Waals surface area (Å²) in [6, 6.07) is -0.160.